The third-order valence-corrected chi connectivity index (χ3v) is 8.12. The lowest BCUT2D eigenvalue weighted by atomic mass is 9.91. The monoisotopic (exact) mass is 558 g/mol. The van der Waals surface area contributed by atoms with Crippen LogP contribution in [0.1, 0.15) is 48.4 Å². The molecule has 1 aliphatic heterocycles. The molecule has 5 rings (SSSR count). The largest absolute Gasteiger partial charge is 0.385 e. The maximum Gasteiger partial charge on any atom is 0.224 e. The highest BCUT2D eigenvalue weighted by Gasteiger charge is 2.30. The van der Waals surface area contributed by atoms with Gasteiger partial charge in [-0.2, -0.15) is 0 Å². The molecular formula is C32H39FN6O2. The molecule has 0 aliphatic carbocycles. The maximum absolute atomic E-state index is 15.0. The normalized spacial score (nSPS) is 16.3. The number of anilines is 1. The van der Waals surface area contributed by atoms with Crippen molar-refractivity contribution in [2.24, 2.45) is 5.73 Å². The first-order chi connectivity index (χ1) is 19.9. The van der Waals surface area contributed by atoms with Gasteiger partial charge in [0.1, 0.15) is 5.82 Å². The number of benzene rings is 2. The molecule has 2 aromatic heterocycles. The predicted molar refractivity (Wildman–Crippen MR) is 160 cm³/mol. The highest BCUT2D eigenvalue weighted by molar-refractivity contribution is 5.86. The van der Waals surface area contributed by atoms with E-state index in [0.29, 0.717) is 31.6 Å². The molecule has 0 bridgehead atoms. The molecule has 1 fully saturated rings. The summed E-state index contributed by atoms with van der Waals surface area (Å²) < 4.78 is 22.4. The number of nitrogen functional groups attached to an aromatic ring is 1. The van der Waals surface area contributed by atoms with Crippen LogP contribution in [0.25, 0.3) is 22.0 Å². The number of ether oxygens (including phenoxy) is 1. The van der Waals surface area contributed by atoms with Gasteiger partial charge in [-0.15, -0.1) is 0 Å². The highest BCUT2D eigenvalue weighted by atomic mass is 19.1. The number of fused-ring (bicyclic) bond motifs is 1. The lowest BCUT2D eigenvalue weighted by molar-refractivity contribution is -0.132. The second-order valence-electron chi connectivity index (χ2n) is 11.0. The molecule has 1 aliphatic rings. The number of aryl methyl sites for hydroxylation is 2. The number of methoxy groups -OCH3 is 1. The van der Waals surface area contributed by atoms with Crippen molar-refractivity contribution in [2.45, 2.75) is 57.5 Å². The van der Waals surface area contributed by atoms with Gasteiger partial charge in [0, 0.05) is 80.8 Å². The summed E-state index contributed by atoms with van der Waals surface area (Å²) in [6, 6.07) is 13.1. The van der Waals surface area contributed by atoms with E-state index in [-0.39, 0.29) is 36.1 Å². The average Bonchev–Trinajstić information content (AvgIpc) is 3.26. The Morgan fingerprint density at radius 1 is 1.15 bits per heavy atom. The summed E-state index contributed by atoms with van der Waals surface area (Å²) in [5.74, 6) is 0.250. The topological polar surface area (TPSA) is 112 Å². The van der Waals surface area contributed by atoms with Crippen molar-refractivity contribution in [1.82, 2.24) is 19.4 Å². The number of halogens is 1. The zero-order chi connectivity index (χ0) is 28.9. The first-order valence-corrected chi connectivity index (χ1v) is 14.3. The summed E-state index contributed by atoms with van der Waals surface area (Å²) in [5, 5.41) is 0.942. The minimum Gasteiger partial charge on any atom is -0.385 e. The molecule has 1 saturated heterocycles. The Morgan fingerprint density at radius 3 is 2.63 bits per heavy atom. The number of hydrogen-bond donors (Lipinski definition) is 2. The molecular weight excluding hydrogens is 519 g/mol. The zero-order valence-corrected chi connectivity index (χ0v) is 23.9. The Kier molecular flexibility index (Phi) is 8.95. The Bertz CT molecular complexity index is 1490. The summed E-state index contributed by atoms with van der Waals surface area (Å²) in [6.07, 6.45) is 6.95. The second kappa shape index (κ2) is 12.8. The van der Waals surface area contributed by atoms with E-state index in [1.54, 1.807) is 25.6 Å². The third-order valence-electron chi connectivity index (χ3n) is 8.12. The molecule has 4 aromatic rings. The number of carbonyl (C=O) groups is 1. The van der Waals surface area contributed by atoms with E-state index in [1.807, 2.05) is 35.2 Å². The van der Waals surface area contributed by atoms with E-state index in [2.05, 4.69) is 21.5 Å². The average molecular weight is 559 g/mol. The summed E-state index contributed by atoms with van der Waals surface area (Å²) in [6.45, 7) is 4.70. The first-order valence-electron chi connectivity index (χ1n) is 14.3. The van der Waals surface area contributed by atoms with E-state index < -0.39 is 0 Å². The Morgan fingerprint density at radius 2 is 1.90 bits per heavy atom. The number of amides is 1. The van der Waals surface area contributed by atoms with Crippen molar-refractivity contribution in [3.63, 3.8) is 0 Å². The van der Waals surface area contributed by atoms with Crippen LogP contribution in [0.3, 0.4) is 0 Å². The van der Waals surface area contributed by atoms with Crippen molar-refractivity contribution < 1.29 is 13.9 Å². The fourth-order valence-corrected chi connectivity index (χ4v) is 6.15. The molecule has 0 radical (unpaired) electrons. The fraction of sp³-hybridized carbons (Fsp3) is 0.406. The van der Waals surface area contributed by atoms with Crippen LogP contribution in [0, 0.1) is 12.7 Å². The van der Waals surface area contributed by atoms with Gasteiger partial charge < -0.3 is 25.7 Å². The molecule has 9 heteroatoms. The summed E-state index contributed by atoms with van der Waals surface area (Å²) in [5.41, 5.74) is 17.9. The number of rotatable bonds is 10. The number of nitrogens with zero attached hydrogens (tertiary/aromatic N) is 4. The predicted octanol–water partition coefficient (Wildman–Crippen LogP) is 4.83. The van der Waals surface area contributed by atoms with E-state index in [1.165, 1.54) is 6.07 Å². The van der Waals surface area contributed by atoms with Gasteiger partial charge in [0.25, 0.3) is 0 Å². The van der Waals surface area contributed by atoms with Crippen LogP contribution >= 0.6 is 0 Å². The summed E-state index contributed by atoms with van der Waals surface area (Å²) >= 11 is 0. The lowest BCUT2D eigenvalue weighted by Crippen LogP contribution is -2.42. The molecule has 8 nitrogen and oxygen atoms in total. The number of carbonyl (C=O) groups excluding carboxylic acids is 1. The summed E-state index contributed by atoms with van der Waals surface area (Å²) in [4.78, 5) is 23.4. The van der Waals surface area contributed by atoms with Crippen LogP contribution in [0.2, 0.25) is 0 Å². The van der Waals surface area contributed by atoms with Crippen molar-refractivity contribution in [3.8, 4) is 11.1 Å². The molecule has 2 atom stereocenters. The SMILES string of the molecule is COCCCn1c(C2CCCN(C(=O)CC(N)Cc3ccc(-c4cnc(N)nc4)cc3)C2)c(C)c2cccc(F)c21. The molecule has 216 valence electrons. The second-order valence-corrected chi connectivity index (χ2v) is 11.0. The van der Waals surface area contributed by atoms with E-state index in [4.69, 9.17) is 16.2 Å². The Balaban J connectivity index is 1.25. The van der Waals surface area contributed by atoms with Gasteiger partial charge >= 0.3 is 0 Å². The van der Waals surface area contributed by atoms with Crippen molar-refractivity contribution in [2.75, 3.05) is 32.5 Å². The van der Waals surface area contributed by atoms with Crippen LogP contribution in [-0.2, 0) is 22.5 Å². The zero-order valence-electron chi connectivity index (χ0n) is 23.9. The van der Waals surface area contributed by atoms with Gasteiger partial charge in [0.2, 0.25) is 11.9 Å². The molecule has 1 amide bonds. The van der Waals surface area contributed by atoms with Gasteiger partial charge in [0.05, 0.1) is 5.52 Å². The van der Waals surface area contributed by atoms with Crippen LogP contribution < -0.4 is 11.5 Å². The standard InChI is InChI=1S/C32H39FN6O2/c1-21-27-7-3-8-28(33)31(27)39(14-5-15-41-2)30(21)24-6-4-13-38(20-24)29(40)17-26(34)16-22-9-11-23(12-10-22)25-18-36-32(35)37-19-25/h3,7-12,18-19,24,26H,4-6,13-17,20,34H2,1-2H3,(H2,35,36,37). The minimum atomic E-state index is -0.287. The van der Waals surface area contributed by atoms with Crippen molar-refractivity contribution in [1.29, 1.82) is 0 Å². The summed E-state index contributed by atoms with van der Waals surface area (Å²) in [7, 11) is 1.68. The molecule has 0 spiro atoms. The Labute approximate surface area is 240 Å². The van der Waals surface area contributed by atoms with Crippen LogP contribution in [0.5, 0.6) is 0 Å². The van der Waals surface area contributed by atoms with Crippen molar-refractivity contribution in [3.05, 3.63) is 77.5 Å². The third kappa shape index (κ3) is 6.41. The van der Waals surface area contributed by atoms with Crippen molar-refractivity contribution >= 4 is 22.8 Å². The van der Waals surface area contributed by atoms with E-state index in [0.717, 1.165) is 59.1 Å². The number of piperidine rings is 1. The number of likely N-dealkylation sites (tertiary alicyclic amines) is 1. The van der Waals surface area contributed by atoms with E-state index in [9.17, 15) is 4.79 Å². The highest BCUT2D eigenvalue weighted by Crippen LogP contribution is 2.37. The quantitative estimate of drug-likeness (QED) is 0.270. The van der Waals surface area contributed by atoms with Crippen LogP contribution in [-0.4, -0.2) is 58.2 Å². The fourth-order valence-electron chi connectivity index (χ4n) is 6.15. The smallest absolute Gasteiger partial charge is 0.224 e. The maximum atomic E-state index is 15.0. The lowest BCUT2D eigenvalue weighted by Gasteiger charge is -2.34. The van der Waals surface area contributed by atoms with Gasteiger partial charge in [-0.1, -0.05) is 36.4 Å². The van der Waals surface area contributed by atoms with Crippen LogP contribution in [0.4, 0.5) is 10.3 Å². The van der Waals surface area contributed by atoms with Gasteiger partial charge in [-0.05, 0) is 55.4 Å². The molecule has 2 unspecified atom stereocenters. The van der Waals surface area contributed by atoms with E-state index >= 15 is 4.39 Å². The Hall–Kier alpha value is -3.82. The minimum absolute atomic E-state index is 0.0729. The number of aromatic nitrogens is 3. The van der Waals surface area contributed by atoms with Gasteiger partial charge in [-0.25, -0.2) is 14.4 Å². The molecule has 2 aromatic carbocycles. The molecule has 0 saturated carbocycles. The van der Waals surface area contributed by atoms with Gasteiger partial charge in [0.15, 0.2) is 0 Å². The molecule has 41 heavy (non-hydrogen) atoms. The molecule has 3 heterocycles. The number of nitrogens with two attached hydrogens (primary N) is 2. The van der Waals surface area contributed by atoms with Crippen LogP contribution in [0.15, 0.2) is 54.9 Å². The number of para-hydroxylation sites is 1. The molecule has 4 N–H and O–H groups in total. The first kappa shape index (κ1) is 28.7. The van der Waals surface area contributed by atoms with Gasteiger partial charge in [-0.3, -0.25) is 4.79 Å². The number of hydrogen-bond acceptors (Lipinski definition) is 6.